The zero-order valence-corrected chi connectivity index (χ0v) is 18.4. The Labute approximate surface area is 179 Å². The van der Waals surface area contributed by atoms with Crippen LogP contribution >= 0.6 is 0 Å². The van der Waals surface area contributed by atoms with Crippen LogP contribution in [0, 0.1) is 5.92 Å². The van der Waals surface area contributed by atoms with Crippen LogP contribution in [0.25, 0.3) is 0 Å². The van der Waals surface area contributed by atoms with E-state index in [1.54, 1.807) is 7.05 Å². The van der Waals surface area contributed by atoms with Gasteiger partial charge in [-0.2, -0.15) is 0 Å². The van der Waals surface area contributed by atoms with Gasteiger partial charge in [-0.25, -0.2) is 0 Å². The molecule has 0 aromatic heterocycles. The van der Waals surface area contributed by atoms with Crippen molar-refractivity contribution in [2.45, 2.75) is 50.6 Å². The van der Waals surface area contributed by atoms with Gasteiger partial charge in [-0.1, -0.05) is 12.2 Å². The Morgan fingerprint density at radius 3 is 2.37 bits per heavy atom. The highest BCUT2D eigenvalue weighted by Crippen LogP contribution is 2.32. The second-order valence-electron chi connectivity index (χ2n) is 8.02. The Morgan fingerprint density at radius 2 is 1.77 bits per heavy atom. The van der Waals surface area contributed by atoms with E-state index in [9.17, 15) is 19.2 Å². The van der Waals surface area contributed by atoms with E-state index in [1.807, 2.05) is 31.1 Å². The average Bonchev–Trinajstić information content (AvgIpc) is 3.54. The maximum Gasteiger partial charge on any atom is 0.243 e. The fourth-order valence-corrected chi connectivity index (χ4v) is 3.09. The van der Waals surface area contributed by atoms with Crippen LogP contribution in [-0.2, 0) is 19.2 Å². The number of allylic oxidation sites excluding steroid dienone is 2. The summed E-state index contributed by atoms with van der Waals surface area (Å²) in [7, 11) is 5.29. The van der Waals surface area contributed by atoms with E-state index in [4.69, 9.17) is 5.73 Å². The summed E-state index contributed by atoms with van der Waals surface area (Å²) in [4.78, 5) is 50.3. The van der Waals surface area contributed by atoms with Gasteiger partial charge in [0.1, 0.15) is 12.3 Å². The first kappa shape index (κ1) is 25.8. The molecule has 2 unspecified atom stereocenters. The zero-order valence-electron chi connectivity index (χ0n) is 18.4. The summed E-state index contributed by atoms with van der Waals surface area (Å²) >= 11 is 0. The third-order valence-corrected chi connectivity index (χ3v) is 5.00. The van der Waals surface area contributed by atoms with Crippen LogP contribution in [0.5, 0.6) is 0 Å². The van der Waals surface area contributed by atoms with Crippen LogP contribution in [0.15, 0.2) is 12.2 Å². The summed E-state index contributed by atoms with van der Waals surface area (Å²) in [6, 6.07) is -1.24. The van der Waals surface area contributed by atoms with Crippen molar-refractivity contribution in [2.75, 3.05) is 40.8 Å². The molecule has 1 fully saturated rings. The lowest BCUT2D eigenvalue weighted by atomic mass is 10.1. The number of hydrogen-bond acceptors (Lipinski definition) is 6. The Bertz CT molecular complexity index is 604. The summed E-state index contributed by atoms with van der Waals surface area (Å²) in [6.07, 6.45) is 9.19. The maximum atomic E-state index is 12.6. The zero-order chi connectivity index (χ0) is 22.5. The van der Waals surface area contributed by atoms with Gasteiger partial charge in [-0.05, 0) is 58.5 Å². The summed E-state index contributed by atoms with van der Waals surface area (Å²) < 4.78 is 0. The van der Waals surface area contributed by atoms with Gasteiger partial charge in [-0.3, -0.25) is 14.4 Å². The number of hydrogen-bond donors (Lipinski definition) is 3. The second kappa shape index (κ2) is 13.9. The minimum absolute atomic E-state index is 0.00488. The van der Waals surface area contributed by atoms with Gasteiger partial charge in [0, 0.05) is 13.6 Å². The molecule has 3 amide bonds. The van der Waals surface area contributed by atoms with E-state index < -0.39 is 12.1 Å². The van der Waals surface area contributed by atoms with Gasteiger partial charge in [0.05, 0.1) is 19.1 Å². The molecular weight excluding hydrogens is 386 g/mol. The van der Waals surface area contributed by atoms with Crippen LogP contribution in [0.4, 0.5) is 0 Å². The summed E-state index contributed by atoms with van der Waals surface area (Å²) in [5.41, 5.74) is 6.01. The molecule has 1 aliphatic rings. The van der Waals surface area contributed by atoms with Crippen LogP contribution < -0.4 is 16.4 Å². The highest BCUT2D eigenvalue weighted by molar-refractivity contribution is 5.90. The van der Waals surface area contributed by atoms with Crippen molar-refractivity contribution in [1.82, 2.24) is 20.4 Å². The molecule has 9 nitrogen and oxygen atoms in total. The van der Waals surface area contributed by atoms with Gasteiger partial charge in [0.15, 0.2) is 0 Å². The molecule has 0 aliphatic heterocycles. The van der Waals surface area contributed by atoms with E-state index in [-0.39, 0.29) is 30.2 Å². The Hall–Kier alpha value is -2.26. The Balaban J connectivity index is 2.42. The number of carbonyl (C=O) groups excluding carboxylic acids is 4. The number of nitrogens with zero attached hydrogens (tertiary/aromatic N) is 2. The van der Waals surface area contributed by atoms with Gasteiger partial charge < -0.3 is 31.0 Å². The second-order valence-corrected chi connectivity index (χ2v) is 8.02. The van der Waals surface area contributed by atoms with E-state index in [0.717, 1.165) is 25.7 Å². The van der Waals surface area contributed by atoms with E-state index in [1.165, 1.54) is 4.90 Å². The summed E-state index contributed by atoms with van der Waals surface area (Å²) in [6.45, 7) is 0.908. The van der Waals surface area contributed by atoms with Crippen molar-refractivity contribution in [3.8, 4) is 0 Å². The predicted octanol–water partition coefficient (Wildman–Crippen LogP) is -0.340. The molecule has 2 atom stereocenters. The minimum Gasteiger partial charge on any atom is -0.355 e. The lowest BCUT2D eigenvalue weighted by molar-refractivity contribution is -0.140. The standard InChI is InChI=1S/C21H37N5O4/c1-25(2)15-18(28)23-12-8-6-4-5-7-9-17(20(29)24-13-14-27)26(3)21(30)19(22)16-10-11-16/h4-5,14,16-17,19H,6-13,15,22H2,1-3H3,(H,23,28)(H,24,29)/b5-4+. The molecule has 0 bridgehead atoms. The third kappa shape index (κ3) is 9.98. The van der Waals surface area contributed by atoms with Crippen molar-refractivity contribution in [3.05, 3.63) is 12.2 Å². The molecule has 0 heterocycles. The minimum atomic E-state index is -0.669. The lowest BCUT2D eigenvalue weighted by Crippen LogP contribution is -2.53. The number of amides is 3. The molecule has 0 saturated heterocycles. The van der Waals surface area contributed by atoms with Crippen LogP contribution in [0.3, 0.4) is 0 Å². The highest BCUT2D eigenvalue weighted by Gasteiger charge is 2.37. The molecule has 0 aromatic carbocycles. The molecule has 0 radical (unpaired) electrons. The van der Waals surface area contributed by atoms with Gasteiger partial charge >= 0.3 is 0 Å². The normalized spacial score (nSPS) is 15.6. The Kier molecular flexibility index (Phi) is 11.9. The number of rotatable bonds is 15. The van der Waals surface area contributed by atoms with Crippen LogP contribution in [-0.4, -0.2) is 86.7 Å². The monoisotopic (exact) mass is 423 g/mol. The number of nitrogens with one attached hydrogen (secondary N) is 2. The quantitative estimate of drug-likeness (QED) is 0.188. The van der Waals surface area contributed by atoms with Crippen molar-refractivity contribution >= 4 is 24.0 Å². The molecule has 1 saturated carbocycles. The van der Waals surface area contributed by atoms with E-state index >= 15 is 0 Å². The van der Waals surface area contributed by atoms with Crippen molar-refractivity contribution in [2.24, 2.45) is 11.7 Å². The number of aldehydes is 1. The SMILES string of the molecule is CN(C)CC(=O)NCCC/C=C/CCC(C(=O)NCC=O)N(C)C(=O)C(N)C1CC1. The first-order valence-electron chi connectivity index (χ1n) is 10.6. The molecule has 4 N–H and O–H groups in total. The van der Waals surface area contributed by atoms with Crippen molar-refractivity contribution in [3.63, 3.8) is 0 Å². The molecule has 9 heteroatoms. The molecular formula is C21H37N5O4. The summed E-state index contributed by atoms with van der Waals surface area (Å²) in [5.74, 6) is -0.374. The fourth-order valence-electron chi connectivity index (χ4n) is 3.09. The van der Waals surface area contributed by atoms with Crippen LogP contribution in [0.2, 0.25) is 0 Å². The first-order valence-corrected chi connectivity index (χ1v) is 10.6. The molecule has 30 heavy (non-hydrogen) atoms. The molecule has 170 valence electrons. The third-order valence-electron chi connectivity index (χ3n) is 5.00. The highest BCUT2D eigenvalue weighted by atomic mass is 16.2. The first-order chi connectivity index (χ1) is 14.3. The van der Waals surface area contributed by atoms with Crippen molar-refractivity contribution < 1.29 is 19.2 Å². The van der Waals surface area contributed by atoms with Crippen molar-refractivity contribution in [1.29, 1.82) is 0 Å². The molecule has 1 aliphatic carbocycles. The predicted molar refractivity (Wildman–Crippen MR) is 116 cm³/mol. The van der Waals surface area contributed by atoms with Crippen LogP contribution in [0.1, 0.15) is 38.5 Å². The largest absolute Gasteiger partial charge is 0.355 e. The summed E-state index contributed by atoms with van der Waals surface area (Å²) in [5, 5.41) is 5.39. The Morgan fingerprint density at radius 1 is 1.10 bits per heavy atom. The molecule has 0 spiro atoms. The maximum absolute atomic E-state index is 12.6. The molecule has 1 rings (SSSR count). The van der Waals surface area contributed by atoms with E-state index in [0.29, 0.717) is 32.2 Å². The number of unbranched alkanes of at least 4 members (excludes halogenated alkanes) is 1. The number of nitrogens with two attached hydrogens (primary N) is 1. The van der Waals surface area contributed by atoms with Gasteiger partial charge in [0.25, 0.3) is 0 Å². The lowest BCUT2D eigenvalue weighted by Gasteiger charge is -2.29. The van der Waals surface area contributed by atoms with Gasteiger partial charge in [0.2, 0.25) is 17.7 Å². The van der Waals surface area contributed by atoms with Gasteiger partial charge in [-0.15, -0.1) is 0 Å². The topological polar surface area (TPSA) is 125 Å². The fraction of sp³-hybridized carbons (Fsp3) is 0.714. The number of carbonyl (C=O) groups is 4. The smallest absolute Gasteiger partial charge is 0.243 e. The molecule has 0 aromatic rings. The number of likely N-dealkylation sites (N-methyl/N-ethyl adjacent to an activating group) is 2. The average molecular weight is 424 g/mol. The van der Waals surface area contributed by atoms with E-state index in [2.05, 4.69) is 10.6 Å².